The van der Waals surface area contributed by atoms with E-state index in [-0.39, 0.29) is 0 Å². The summed E-state index contributed by atoms with van der Waals surface area (Å²) in [5.74, 6) is 1.06. The average molecular weight is 306 g/mol. The first kappa shape index (κ1) is 15.7. The number of aliphatic hydroxyl groups excluding tert-OH is 2. The maximum absolute atomic E-state index is 9.80. The minimum Gasteiger partial charge on any atom is -0.378 e. The van der Waals surface area contributed by atoms with Gasteiger partial charge in [0, 0.05) is 38.9 Å². The van der Waals surface area contributed by atoms with Crippen LogP contribution < -0.4 is 4.90 Å². The highest BCUT2D eigenvalue weighted by Gasteiger charge is 2.29. The van der Waals surface area contributed by atoms with Gasteiger partial charge in [-0.05, 0) is 37.9 Å². The summed E-state index contributed by atoms with van der Waals surface area (Å²) in [6.07, 6.45) is 3.27. The summed E-state index contributed by atoms with van der Waals surface area (Å²) in [5, 5.41) is 19.6. The molecule has 3 heterocycles. The molecule has 22 heavy (non-hydrogen) atoms. The van der Waals surface area contributed by atoms with Gasteiger partial charge in [0.15, 0.2) is 0 Å². The normalized spacial score (nSPS) is 27.5. The third-order valence-corrected chi connectivity index (χ3v) is 4.68. The van der Waals surface area contributed by atoms with E-state index in [1.807, 2.05) is 23.2 Å². The van der Waals surface area contributed by atoms with Crippen molar-refractivity contribution in [3.8, 4) is 0 Å². The van der Waals surface area contributed by atoms with Crippen LogP contribution in [0.4, 0.5) is 5.82 Å². The molecule has 2 aliphatic rings. The molecule has 1 aromatic heterocycles. The summed E-state index contributed by atoms with van der Waals surface area (Å²) in [7, 11) is 0. The molecule has 0 saturated carbocycles. The molecule has 0 aliphatic carbocycles. The lowest BCUT2D eigenvalue weighted by atomic mass is 10.2. The number of hydrogen-bond acceptors (Lipinski definition) is 6. The van der Waals surface area contributed by atoms with Crippen molar-refractivity contribution in [1.29, 1.82) is 0 Å². The lowest BCUT2D eigenvalue weighted by molar-refractivity contribution is -0.0541. The van der Waals surface area contributed by atoms with Crippen molar-refractivity contribution in [3.05, 3.63) is 24.4 Å². The van der Waals surface area contributed by atoms with Crippen molar-refractivity contribution >= 4 is 5.82 Å². The highest BCUT2D eigenvalue weighted by Crippen LogP contribution is 2.20. The number of aromatic nitrogens is 1. The van der Waals surface area contributed by atoms with Crippen LogP contribution in [0.3, 0.4) is 0 Å². The minimum atomic E-state index is -0.462. The molecule has 2 N–H and O–H groups in total. The number of pyridine rings is 1. The van der Waals surface area contributed by atoms with Gasteiger partial charge in [-0.15, -0.1) is 0 Å². The van der Waals surface area contributed by atoms with Crippen molar-refractivity contribution in [3.63, 3.8) is 0 Å². The van der Waals surface area contributed by atoms with E-state index in [1.54, 1.807) is 0 Å². The zero-order valence-corrected chi connectivity index (χ0v) is 13.0. The molecule has 2 aliphatic heterocycles. The van der Waals surface area contributed by atoms with E-state index in [0.717, 1.165) is 51.5 Å². The average Bonchev–Trinajstić information content (AvgIpc) is 2.88. The highest BCUT2D eigenvalue weighted by molar-refractivity contribution is 5.38. The Morgan fingerprint density at radius 1 is 1.00 bits per heavy atom. The molecular formula is C16H26N4O2. The van der Waals surface area contributed by atoms with Gasteiger partial charge < -0.3 is 15.1 Å². The van der Waals surface area contributed by atoms with E-state index in [2.05, 4.69) is 20.9 Å². The monoisotopic (exact) mass is 306 g/mol. The van der Waals surface area contributed by atoms with E-state index >= 15 is 0 Å². The summed E-state index contributed by atoms with van der Waals surface area (Å²) >= 11 is 0. The molecule has 6 heteroatoms. The number of likely N-dealkylation sites (tertiary alicyclic amines) is 1. The minimum absolute atomic E-state index is 0.462. The van der Waals surface area contributed by atoms with Crippen LogP contribution in [0.25, 0.3) is 0 Å². The summed E-state index contributed by atoms with van der Waals surface area (Å²) < 4.78 is 0. The fourth-order valence-corrected chi connectivity index (χ4v) is 3.34. The van der Waals surface area contributed by atoms with E-state index in [1.165, 1.54) is 0 Å². The van der Waals surface area contributed by atoms with Crippen LogP contribution >= 0.6 is 0 Å². The zero-order chi connectivity index (χ0) is 15.4. The van der Waals surface area contributed by atoms with Crippen LogP contribution in [0.2, 0.25) is 0 Å². The van der Waals surface area contributed by atoms with Gasteiger partial charge in [0.1, 0.15) is 18.3 Å². The van der Waals surface area contributed by atoms with Crippen molar-refractivity contribution in [1.82, 2.24) is 14.8 Å². The number of hydrogen-bond donors (Lipinski definition) is 2. The van der Waals surface area contributed by atoms with Gasteiger partial charge in [-0.1, -0.05) is 6.07 Å². The largest absolute Gasteiger partial charge is 0.378 e. The van der Waals surface area contributed by atoms with Gasteiger partial charge in [-0.25, -0.2) is 4.98 Å². The van der Waals surface area contributed by atoms with Gasteiger partial charge >= 0.3 is 0 Å². The fourth-order valence-electron chi connectivity index (χ4n) is 3.34. The number of anilines is 1. The van der Waals surface area contributed by atoms with Gasteiger partial charge in [0.2, 0.25) is 0 Å². The SMILES string of the molecule is OC1CCC(O)N1CCCN1CCN(c2ccccn2)CC1. The first-order chi connectivity index (χ1) is 10.7. The van der Waals surface area contributed by atoms with Crippen LogP contribution in [-0.2, 0) is 0 Å². The highest BCUT2D eigenvalue weighted by atomic mass is 16.3. The van der Waals surface area contributed by atoms with E-state index in [0.29, 0.717) is 12.8 Å². The molecule has 0 amide bonds. The molecule has 2 saturated heterocycles. The second-order valence-electron chi connectivity index (χ2n) is 6.15. The van der Waals surface area contributed by atoms with Crippen LogP contribution in [-0.4, -0.2) is 76.7 Å². The molecule has 122 valence electrons. The lowest BCUT2D eigenvalue weighted by Crippen LogP contribution is -2.47. The van der Waals surface area contributed by atoms with Crippen molar-refractivity contribution in [2.75, 3.05) is 44.2 Å². The number of rotatable bonds is 5. The quantitative estimate of drug-likeness (QED) is 0.817. The van der Waals surface area contributed by atoms with Crippen LogP contribution in [0.15, 0.2) is 24.4 Å². The smallest absolute Gasteiger partial charge is 0.128 e. The Kier molecular flexibility index (Phi) is 5.25. The Labute approximate surface area is 132 Å². The van der Waals surface area contributed by atoms with Crippen molar-refractivity contribution in [2.24, 2.45) is 0 Å². The zero-order valence-electron chi connectivity index (χ0n) is 13.0. The van der Waals surface area contributed by atoms with Gasteiger partial charge in [-0.3, -0.25) is 9.80 Å². The van der Waals surface area contributed by atoms with Crippen LogP contribution in [0.1, 0.15) is 19.3 Å². The standard InChI is InChI=1S/C16H26N4O2/c21-15-5-6-16(22)20(15)9-3-8-18-10-12-19(13-11-18)14-4-1-2-7-17-14/h1-2,4,7,15-16,21-22H,3,5-6,8-13H2. The van der Waals surface area contributed by atoms with Crippen LogP contribution in [0.5, 0.6) is 0 Å². The van der Waals surface area contributed by atoms with Crippen molar-refractivity contribution in [2.45, 2.75) is 31.7 Å². The Bertz CT molecular complexity index is 441. The number of aliphatic hydroxyl groups is 2. The van der Waals surface area contributed by atoms with E-state index in [4.69, 9.17) is 0 Å². The molecule has 2 fully saturated rings. The summed E-state index contributed by atoms with van der Waals surface area (Å²) in [5.41, 5.74) is 0. The van der Waals surface area contributed by atoms with Gasteiger partial charge in [-0.2, -0.15) is 0 Å². The Hall–Kier alpha value is -1.21. The number of piperazine rings is 1. The maximum atomic E-state index is 9.80. The number of nitrogens with zero attached hydrogens (tertiary/aromatic N) is 4. The third-order valence-electron chi connectivity index (χ3n) is 4.68. The Morgan fingerprint density at radius 3 is 2.36 bits per heavy atom. The molecule has 3 rings (SSSR count). The topological polar surface area (TPSA) is 63.1 Å². The molecule has 2 atom stereocenters. The Morgan fingerprint density at radius 2 is 1.73 bits per heavy atom. The molecule has 6 nitrogen and oxygen atoms in total. The molecule has 0 aromatic carbocycles. The first-order valence-corrected chi connectivity index (χ1v) is 8.24. The molecule has 0 spiro atoms. The van der Waals surface area contributed by atoms with Gasteiger partial charge in [0.25, 0.3) is 0 Å². The molecule has 2 unspecified atom stereocenters. The Balaban J connectivity index is 1.37. The third kappa shape index (κ3) is 3.76. The fraction of sp³-hybridized carbons (Fsp3) is 0.688. The summed E-state index contributed by atoms with van der Waals surface area (Å²) in [4.78, 5) is 11.0. The molecule has 1 aromatic rings. The molecule has 0 bridgehead atoms. The summed E-state index contributed by atoms with van der Waals surface area (Å²) in [6, 6.07) is 6.04. The molecular weight excluding hydrogens is 280 g/mol. The lowest BCUT2D eigenvalue weighted by Gasteiger charge is -2.35. The predicted octanol–water partition coefficient (Wildman–Crippen LogP) is 0.326. The first-order valence-electron chi connectivity index (χ1n) is 8.24. The van der Waals surface area contributed by atoms with E-state index in [9.17, 15) is 10.2 Å². The van der Waals surface area contributed by atoms with Crippen molar-refractivity contribution < 1.29 is 10.2 Å². The molecule has 0 radical (unpaired) electrons. The van der Waals surface area contributed by atoms with Gasteiger partial charge in [0.05, 0.1) is 0 Å². The maximum Gasteiger partial charge on any atom is 0.128 e. The van der Waals surface area contributed by atoms with Crippen LogP contribution in [0, 0.1) is 0 Å². The van der Waals surface area contributed by atoms with E-state index < -0.39 is 12.5 Å². The second kappa shape index (κ2) is 7.37. The predicted molar refractivity (Wildman–Crippen MR) is 85.5 cm³/mol. The second-order valence-corrected chi connectivity index (χ2v) is 6.15. The summed E-state index contributed by atoms with van der Waals surface area (Å²) in [6.45, 7) is 5.89.